The molecular formula is C13H16INO. The van der Waals surface area contributed by atoms with Crippen LogP contribution in [0.1, 0.15) is 47.5 Å². The second-order valence-electron chi connectivity index (χ2n) is 4.44. The first kappa shape index (κ1) is 12.0. The molecule has 0 spiro atoms. The van der Waals surface area contributed by atoms with E-state index in [-0.39, 0.29) is 0 Å². The van der Waals surface area contributed by atoms with Crippen molar-refractivity contribution in [3.8, 4) is 0 Å². The van der Waals surface area contributed by atoms with Crippen LogP contribution in [0.15, 0.2) is 24.3 Å². The maximum atomic E-state index is 10.6. The Bertz CT molecular complexity index is 341. The first-order valence-corrected chi connectivity index (χ1v) is 6.82. The van der Waals surface area contributed by atoms with E-state index in [0.717, 1.165) is 11.8 Å². The second-order valence-corrected chi connectivity index (χ2v) is 5.06. The largest absolute Gasteiger partial charge is 0.298 e. The number of nitrogens with one attached hydrogen (secondary N) is 1. The summed E-state index contributed by atoms with van der Waals surface area (Å²) in [6.07, 6.45) is 5.91. The van der Waals surface area contributed by atoms with Crippen LogP contribution in [0.25, 0.3) is 0 Å². The van der Waals surface area contributed by atoms with Gasteiger partial charge in [-0.2, -0.15) is 0 Å². The van der Waals surface area contributed by atoms with Crippen LogP contribution in [-0.4, -0.2) is 12.3 Å². The molecule has 0 atom stereocenters. The zero-order chi connectivity index (χ0) is 11.4. The summed E-state index contributed by atoms with van der Waals surface area (Å²) in [7, 11) is 0. The molecule has 1 saturated carbocycles. The lowest BCUT2D eigenvalue weighted by molar-refractivity contribution is 0.112. The number of hydrogen-bond donors (Lipinski definition) is 1. The third-order valence-electron chi connectivity index (χ3n) is 3.43. The maximum absolute atomic E-state index is 10.6. The van der Waals surface area contributed by atoms with Gasteiger partial charge in [-0.1, -0.05) is 24.3 Å². The highest BCUT2D eigenvalue weighted by Crippen LogP contribution is 2.33. The molecule has 0 aromatic heterocycles. The summed E-state index contributed by atoms with van der Waals surface area (Å²) in [6.45, 7) is 0. The standard InChI is InChI=1S/C13H16INO/c14-15-13-7-5-12(6-8-13)11-3-1-10(9-16)2-4-11/h1-4,9,12-13,15H,5-8H2. The number of carbonyl (C=O) groups is 1. The van der Waals surface area contributed by atoms with Crippen molar-refractivity contribution < 1.29 is 4.79 Å². The van der Waals surface area contributed by atoms with Crippen LogP contribution >= 0.6 is 22.9 Å². The highest BCUT2D eigenvalue weighted by Gasteiger charge is 2.21. The molecule has 1 aromatic rings. The minimum absolute atomic E-state index is 0.682. The molecule has 0 aliphatic heterocycles. The Hall–Kier alpha value is -0.420. The third-order valence-corrected chi connectivity index (χ3v) is 4.31. The number of benzene rings is 1. The Morgan fingerprint density at radius 3 is 2.25 bits per heavy atom. The van der Waals surface area contributed by atoms with E-state index in [1.807, 2.05) is 12.1 Å². The van der Waals surface area contributed by atoms with E-state index in [2.05, 4.69) is 38.5 Å². The van der Waals surface area contributed by atoms with E-state index in [0.29, 0.717) is 12.0 Å². The van der Waals surface area contributed by atoms with Gasteiger partial charge in [0.25, 0.3) is 0 Å². The van der Waals surface area contributed by atoms with Crippen molar-refractivity contribution in [2.75, 3.05) is 0 Å². The number of halogens is 1. The van der Waals surface area contributed by atoms with Crippen LogP contribution < -0.4 is 3.53 Å². The van der Waals surface area contributed by atoms with Crippen molar-refractivity contribution in [2.24, 2.45) is 0 Å². The van der Waals surface area contributed by atoms with Gasteiger partial charge in [-0.15, -0.1) is 0 Å². The Labute approximate surface area is 110 Å². The fourth-order valence-corrected chi connectivity index (χ4v) is 3.01. The lowest BCUT2D eigenvalue weighted by atomic mass is 9.82. The zero-order valence-electron chi connectivity index (χ0n) is 9.16. The van der Waals surface area contributed by atoms with Crippen LogP contribution in [0, 0.1) is 0 Å². The minimum atomic E-state index is 0.682. The summed E-state index contributed by atoms with van der Waals surface area (Å²) in [5.74, 6) is 0.682. The SMILES string of the molecule is O=Cc1ccc(C2CCC(NI)CC2)cc1. The molecule has 3 heteroatoms. The summed E-state index contributed by atoms with van der Waals surface area (Å²) < 4.78 is 3.32. The van der Waals surface area contributed by atoms with Gasteiger partial charge >= 0.3 is 0 Å². The number of carbonyl (C=O) groups excluding carboxylic acids is 1. The topological polar surface area (TPSA) is 29.1 Å². The average Bonchev–Trinajstić information content (AvgIpc) is 2.39. The molecule has 0 unspecified atom stereocenters. The molecule has 1 aliphatic carbocycles. The van der Waals surface area contributed by atoms with Gasteiger partial charge in [-0.25, -0.2) is 0 Å². The maximum Gasteiger partial charge on any atom is 0.150 e. The average molecular weight is 329 g/mol. The molecule has 0 saturated heterocycles. The molecule has 86 valence electrons. The number of rotatable bonds is 3. The van der Waals surface area contributed by atoms with Crippen LogP contribution in [0.2, 0.25) is 0 Å². The Morgan fingerprint density at radius 2 is 1.75 bits per heavy atom. The monoisotopic (exact) mass is 329 g/mol. The van der Waals surface area contributed by atoms with Gasteiger partial charge in [0.05, 0.1) is 0 Å². The first-order valence-electron chi connectivity index (χ1n) is 5.75. The number of hydrogen-bond acceptors (Lipinski definition) is 2. The molecule has 0 heterocycles. The summed E-state index contributed by atoms with van der Waals surface area (Å²) in [6, 6.07) is 8.74. The van der Waals surface area contributed by atoms with Crippen molar-refractivity contribution in [3.05, 3.63) is 35.4 Å². The Kier molecular flexibility index (Phi) is 4.35. The van der Waals surface area contributed by atoms with Gasteiger partial charge in [0.15, 0.2) is 0 Å². The molecule has 1 N–H and O–H groups in total. The molecule has 0 bridgehead atoms. The highest BCUT2D eigenvalue weighted by atomic mass is 127. The van der Waals surface area contributed by atoms with Gasteiger partial charge in [0.2, 0.25) is 0 Å². The summed E-state index contributed by atoms with van der Waals surface area (Å²) in [5.41, 5.74) is 2.16. The molecule has 2 nitrogen and oxygen atoms in total. The minimum Gasteiger partial charge on any atom is -0.298 e. The van der Waals surface area contributed by atoms with Gasteiger partial charge in [0, 0.05) is 34.5 Å². The van der Waals surface area contributed by atoms with Crippen molar-refractivity contribution in [2.45, 2.75) is 37.6 Å². The Balaban J connectivity index is 1.99. The van der Waals surface area contributed by atoms with Crippen LogP contribution in [-0.2, 0) is 0 Å². The molecular weight excluding hydrogens is 313 g/mol. The predicted octanol–water partition coefficient (Wildman–Crippen LogP) is 3.46. The molecule has 2 rings (SSSR count). The molecule has 1 aliphatic rings. The molecule has 1 fully saturated rings. The smallest absolute Gasteiger partial charge is 0.150 e. The van der Waals surface area contributed by atoms with E-state index in [9.17, 15) is 4.79 Å². The fraction of sp³-hybridized carbons (Fsp3) is 0.462. The second kappa shape index (κ2) is 5.77. The quantitative estimate of drug-likeness (QED) is 0.523. The molecule has 1 aromatic carbocycles. The fourth-order valence-electron chi connectivity index (χ4n) is 2.38. The van der Waals surface area contributed by atoms with Crippen LogP contribution in [0.5, 0.6) is 0 Å². The molecule has 0 radical (unpaired) electrons. The van der Waals surface area contributed by atoms with Gasteiger partial charge < -0.3 is 0 Å². The number of aldehydes is 1. The van der Waals surface area contributed by atoms with Gasteiger partial charge in [-0.05, 0) is 37.2 Å². The zero-order valence-corrected chi connectivity index (χ0v) is 11.3. The molecule has 0 amide bonds. The summed E-state index contributed by atoms with van der Waals surface area (Å²) >= 11 is 2.25. The van der Waals surface area contributed by atoms with E-state index in [1.54, 1.807) is 0 Å². The van der Waals surface area contributed by atoms with Crippen molar-refractivity contribution in [1.82, 2.24) is 3.53 Å². The Morgan fingerprint density at radius 1 is 1.12 bits per heavy atom. The van der Waals surface area contributed by atoms with Crippen LogP contribution in [0.3, 0.4) is 0 Å². The van der Waals surface area contributed by atoms with E-state index in [4.69, 9.17) is 0 Å². The van der Waals surface area contributed by atoms with Crippen molar-refractivity contribution in [3.63, 3.8) is 0 Å². The van der Waals surface area contributed by atoms with Crippen LogP contribution in [0.4, 0.5) is 0 Å². The summed E-state index contributed by atoms with van der Waals surface area (Å²) in [5, 5.41) is 0. The highest BCUT2D eigenvalue weighted by molar-refractivity contribution is 14.1. The predicted molar refractivity (Wildman–Crippen MR) is 74.0 cm³/mol. The lowest BCUT2D eigenvalue weighted by Gasteiger charge is -2.27. The lowest BCUT2D eigenvalue weighted by Crippen LogP contribution is -2.25. The van der Waals surface area contributed by atoms with Gasteiger partial charge in [0.1, 0.15) is 6.29 Å². The van der Waals surface area contributed by atoms with E-state index >= 15 is 0 Å². The van der Waals surface area contributed by atoms with Crippen molar-refractivity contribution >= 4 is 29.2 Å². The normalized spacial score (nSPS) is 25.3. The first-order chi connectivity index (χ1) is 7.83. The third kappa shape index (κ3) is 2.83. The van der Waals surface area contributed by atoms with E-state index in [1.165, 1.54) is 31.2 Å². The molecule has 16 heavy (non-hydrogen) atoms. The summed E-state index contributed by atoms with van der Waals surface area (Å²) in [4.78, 5) is 10.6. The van der Waals surface area contributed by atoms with E-state index < -0.39 is 0 Å². The van der Waals surface area contributed by atoms with Gasteiger partial charge in [-0.3, -0.25) is 8.32 Å². The van der Waals surface area contributed by atoms with Crippen molar-refractivity contribution in [1.29, 1.82) is 0 Å².